The Morgan fingerprint density at radius 2 is 1.81 bits per heavy atom. The van der Waals surface area contributed by atoms with Crippen molar-refractivity contribution in [3.63, 3.8) is 0 Å². The number of carbonyl (C=O) groups is 2. The molecule has 2 amide bonds. The number of pyridine rings is 1. The third-order valence-corrected chi connectivity index (χ3v) is 4.65. The first-order valence-electron chi connectivity index (χ1n) is 7.97. The van der Waals surface area contributed by atoms with Gasteiger partial charge in [0.05, 0.1) is 16.6 Å². The Morgan fingerprint density at radius 1 is 1.07 bits per heavy atom. The molecule has 3 aromatic rings. The fourth-order valence-corrected chi connectivity index (χ4v) is 2.89. The summed E-state index contributed by atoms with van der Waals surface area (Å²) >= 11 is 11.8. The molecule has 3 rings (SSSR count). The lowest BCUT2D eigenvalue weighted by Gasteiger charge is -2.17. The van der Waals surface area contributed by atoms with Gasteiger partial charge in [-0.05, 0) is 35.7 Å². The minimum absolute atomic E-state index is 0.114. The number of rotatable bonds is 4. The van der Waals surface area contributed by atoms with E-state index >= 15 is 0 Å². The molecule has 0 bridgehead atoms. The van der Waals surface area contributed by atoms with Crippen LogP contribution in [0.1, 0.15) is 10.5 Å². The van der Waals surface area contributed by atoms with Crippen LogP contribution in [0.2, 0.25) is 10.0 Å². The lowest BCUT2D eigenvalue weighted by atomic mass is 10.1. The fraction of sp³-hybridized carbons (Fsp3) is 0.105. The van der Waals surface area contributed by atoms with E-state index in [9.17, 15) is 14.4 Å². The van der Waals surface area contributed by atoms with Gasteiger partial charge in [0.1, 0.15) is 5.69 Å². The molecule has 0 unspecified atom stereocenters. The first-order valence-corrected chi connectivity index (χ1v) is 8.73. The summed E-state index contributed by atoms with van der Waals surface area (Å²) in [7, 11) is 1.48. The summed E-state index contributed by atoms with van der Waals surface area (Å²) < 4.78 is 0. The molecule has 0 atom stereocenters. The summed E-state index contributed by atoms with van der Waals surface area (Å²) in [4.78, 5) is 40.6. The minimum Gasteiger partial charge on any atom is -0.331 e. The predicted octanol–water partition coefficient (Wildman–Crippen LogP) is 3.55. The van der Waals surface area contributed by atoms with E-state index < -0.39 is 11.8 Å². The van der Waals surface area contributed by atoms with Crippen LogP contribution in [0.3, 0.4) is 0 Å². The Bertz CT molecular complexity index is 1090. The highest BCUT2D eigenvalue weighted by molar-refractivity contribution is 6.42. The molecule has 0 fully saturated rings. The maximum atomic E-state index is 12.6. The van der Waals surface area contributed by atoms with Crippen molar-refractivity contribution in [2.45, 2.75) is 0 Å². The maximum absolute atomic E-state index is 12.6. The second-order valence-electron chi connectivity index (χ2n) is 5.94. The second-order valence-corrected chi connectivity index (χ2v) is 6.75. The zero-order chi connectivity index (χ0) is 19.6. The molecule has 0 spiro atoms. The Hall–Kier alpha value is -2.83. The number of nitrogens with zero attached hydrogens (tertiary/aromatic N) is 1. The van der Waals surface area contributed by atoms with Gasteiger partial charge >= 0.3 is 0 Å². The highest BCUT2D eigenvalue weighted by Gasteiger charge is 2.17. The van der Waals surface area contributed by atoms with Crippen LogP contribution in [0.25, 0.3) is 10.8 Å². The maximum Gasteiger partial charge on any atom is 0.270 e. The number of H-pyrrole nitrogens is 1. The molecule has 1 heterocycles. The molecule has 8 heteroatoms. The summed E-state index contributed by atoms with van der Waals surface area (Å²) in [6, 6.07) is 13.2. The number of carbonyl (C=O) groups excluding carboxylic acids is 2. The van der Waals surface area contributed by atoms with Crippen LogP contribution >= 0.6 is 23.2 Å². The van der Waals surface area contributed by atoms with E-state index in [-0.39, 0.29) is 17.8 Å². The van der Waals surface area contributed by atoms with Crippen molar-refractivity contribution < 1.29 is 9.59 Å². The Labute approximate surface area is 164 Å². The first-order chi connectivity index (χ1) is 12.8. The SMILES string of the molecule is CN(CC(=O)Nc1ccc(Cl)c(Cl)c1)C(=O)c1cc2ccccc2c(=O)[nH]1. The van der Waals surface area contributed by atoms with E-state index in [4.69, 9.17) is 23.2 Å². The van der Waals surface area contributed by atoms with Crippen LogP contribution in [-0.4, -0.2) is 35.3 Å². The molecule has 0 aliphatic rings. The number of anilines is 1. The predicted molar refractivity (Wildman–Crippen MR) is 107 cm³/mol. The summed E-state index contributed by atoms with van der Waals surface area (Å²) in [5, 5.41) is 4.48. The second kappa shape index (κ2) is 7.82. The molecule has 27 heavy (non-hydrogen) atoms. The molecular weight excluding hydrogens is 389 g/mol. The van der Waals surface area contributed by atoms with Crippen LogP contribution in [0.15, 0.2) is 53.3 Å². The highest BCUT2D eigenvalue weighted by Crippen LogP contribution is 2.25. The topological polar surface area (TPSA) is 82.3 Å². The van der Waals surface area contributed by atoms with E-state index in [0.717, 1.165) is 0 Å². The van der Waals surface area contributed by atoms with Crippen molar-refractivity contribution in [1.29, 1.82) is 0 Å². The highest BCUT2D eigenvalue weighted by atomic mass is 35.5. The lowest BCUT2D eigenvalue weighted by Crippen LogP contribution is -2.36. The summed E-state index contributed by atoms with van der Waals surface area (Å²) in [5.41, 5.74) is 0.225. The Balaban J connectivity index is 1.72. The van der Waals surface area contributed by atoms with Gasteiger partial charge in [-0.15, -0.1) is 0 Å². The van der Waals surface area contributed by atoms with Crippen molar-refractivity contribution in [3.05, 3.63) is 74.6 Å². The van der Waals surface area contributed by atoms with E-state index in [0.29, 0.717) is 26.5 Å². The molecule has 0 aliphatic carbocycles. The smallest absolute Gasteiger partial charge is 0.270 e. The van der Waals surface area contributed by atoms with Gasteiger partial charge in [0.25, 0.3) is 11.5 Å². The van der Waals surface area contributed by atoms with Crippen molar-refractivity contribution in [1.82, 2.24) is 9.88 Å². The normalized spacial score (nSPS) is 10.6. The third-order valence-electron chi connectivity index (χ3n) is 3.91. The number of benzene rings is 2. The molecule has 0 saturated heterocycles. The van der Waals surface area contributed by atoms with Gasteiger partial charge in [0.2, 0.25) is 5.91 Å². The molecule has 1 aromatic heterocycles. The van der Waals surface area contributed by atoms with E-state index in [1.807, 2.05) is 0 Å². The number of hydrogen-bond acceptors (Lipinski definition) is 3. The van der Waals surface area contributed by atoms with Gasteiger partial charge in [-0.1, -0.05) is 41.4 Å². The van der Waals surface area contributed by atoms with Crippen LogP contribution in [0, 0.1) is 0 Å². The van der Waals surface area contributed by atoms with Gasteiger partial charge in [0.15, 0.2) is 0 Å². The minimum atomic E-state index is -0.470. The van der Waals surface area contributed by atoms with Crippen molar-refractivity contribution in [2.75, 3.05) is 18.9 Å². The number of aromatic nitrogens is 1. The number of aromatic amines is 1. The molecular formula is C19H15Cl2N3O3. The molecule has 0 aliphatic heterocycles. The molecule has 0 saturated carbocycles. The van der Waals surface area contributed by atoms with Crippen molar-refractivity contribution in [3.8, 4) is 0 Å². The number of halogens is 2. The zero-order valence-electron chi connectivity index (χ0n) is 14.3. The molecule has 2 aromatic carbocycles. The fourth-order valence-electron chi connectivity index (χ4n) is 2.59. The van der Waals surface area contributed by atoms with Crippen LogP contribution in [0.4, 0.5) is 5.69 Å². The van der Waals surface area contributed by atoms with Crippen molar-refractivity contribution in [2.24, 2.45) is 0 Å². The summed E-state index contributed by atoms with van der Waals surface area (Å²) in [5.74, 6) is -0.880. The molecule has 6 nitrogen and oxygen atoms in total. The monoisotopic (exact) mass is 403 g/mol. The summed E-state index contributed by atoms with van der Waals surface area (Å²) in [6.45, 7) is -0.200. The zero-order valence-corrected chi connectivity index (χ0v) is 15.8. The van der Waals surface area contributed by atoms with E-state index in [1.165, 1.54) is 18.0 Å². The molecule has 0 radical (unpaired) electrons. The molecule has 2 N–H and O–H groups in total. The lowest BCUT2D eigenvalue weighted by molar-refractivity contribution is -0.116. The van der Waals surface area contributed by atoms with Crippen molar-refractivity contribution >= 4 is 51.5 Å². The van der Waals surface area contributed by atoms with Gasteiger partial charge in [-0.2, -0.15) is 0 Å². The number of likely N-dealkylation sites (N-methyl/N-ethyl adjacent to an activating group) is 1. The van der Waals surface area contributed by atoms with Gasteiger partial charge in [-0.25, -0.2) is 0 Å². The number of hydrogen-bond donors (Lipinski definition) is 2. The van der Waals surface area contributed by atoms with Gasteiger partial charge < -0.3 is 15.2 Å². The van der Waals surface area contributed by atoms with Crippen LogP contribution < -0.4 is 10.9 Å². The van der Waals surface area contributed by atoms with Gasteiger partial charge in [0, 0.05) is 18.1 Å². The third kappa shape index (κ3) is 4.30. The van der Waals surface area contributed by atoms with Crippen LogP contribution in [-0.2, 0) is 4.79 Å². The Morgan fingerprint density at radius 3 is 2.56 bits per heavy atom. The average molecular weight is 404 g/mol. The summed E-state index contributed by atoms with van der Waals surface area (Å²) in [6.07, 6.45) is 0. The standard InChI is InChI=1S/C19H15Cl2N3O3/c1-24(10-17(25)22-12-6-7-14(20)15(21)9-12)19(27)16-8-11-4-2-3-5-13(11)18(26)23-16/h2-9H,10H2,1H3,(H,22,25)(H,23,26). The van der Waals surface area contributed by atoms with E-state index in [2.05, 4.69) is 10.3 Å². The average Bonchev–Trinajstić information content (AvgIpc) is 2.64. The number of nitrogens with one attached hydrogen (secondary N) is 2. The van der Waals surface area contributed by atoms with Crippen LogP contribution in [0.5, 0.6) is 0 Å². The quantitative estimate of drug-likeness (QED) is 0.698. The van der Waals surface area contributed by atoms with Gasteiger partial charge in [-0.3, -0.25) is 14.4 Å². The Kier molecular flexibility index (Phi) is 5.48. The largest absolute Gasteiger partial charge is 0.331 e. The first kappa shape index (κ1) is 18.9. The number of amides is 2. The molecule has 138 valence electrons. The van der Waals surface area contributed by atoms with E-state index in [1.54, 1.807) is 42.5 Å². The number of fused-ring (bicyclic) bond motifs is 1.